The molecule has 1 amide bonds. The second-order valence-corrected chi connectivity index (χ2v) is 5.23. The summed E-state index contributed by atoms with van der Waals surface area (Å²) < 4.78 is 0. The molecule has 0 atom stereocenters. The number of amides is 1. The van der Waals surface area contributed by atoms with E-state index < -0.39 is 0 Å². The van der Waals surface area contributed by atoms with E-state index in [0.29, 0.717) is 18.5 Å². The summed E-state index contributed by atoms with van der Waals surface area (Å²) in [5, 5.41) is 3.44. The molecule has 0 heterocycles. The molecule has 1 aromatic carbocycles. The molecule has 0 unspecified atom stereocenters. The minimum absolute atomic E-state index is 0.126. The van der Waals surface area contributed by atoms with E-state index in [9.17, 15) is 4.79 Å². The predicted molar refractivity (Wildman–Crippen MR) is 73.5 cm³/mol. The van der Waals surface area contributed by atoms with Crippen molar-refractivity contribution in [3.63, 3.8) is 0 Å². The number of carbonyl (C=O) groups is 1. The number of hydrogen-bond acceptors (Lipinski definition) is 3. The number of likely N-dealkylation sites (N-methyl/N-ethyl adjacent to an activating group) is 1. The highest BCUT2D eigenvalue weighted by Crippen LogP contribution is 2.22. The van der Waals surface area contributed by atoms with Crippen LogP contribution in [0.25, 0.3) is 0 Å². The Kier molecular flexibility index (Phi) is 3.87. The van der Waals surface area contributed by atoms with E-state index in [1.807, 2.05) is 24.3 Å². The maximum Gasteiger partial charge on any atom is 0.226 e. The quantitative estimate of drug-likeness (QED) is 0.841. The van der Waals surface area contributed by atoms with Crippen molar-refractivity contribution in [3.05, 3.63) is 29.8 Å². The number of carbonyl (C=O) groups excluding carboxylic acids is 1. The van der Waals surface area contributed by atoms with Crippen LogP contribution in [0.15, 0.2) is 24.3 Å². The number of nitrogens with zero attached hydrogens (tertiary/aromatic N) is 1. The van der Waals surface area contributed by atoms with Crippen molar-refractivity contribution in [2.24, 2.45) is 5.73 Å². The molecule has 0 aliphatic heterocycles. The number of nitrogens with one attached hydrogen (secondary N) is 1. The van der Waals surface area contributed by atoms with Crippen LogP contribution in [-0.4, -0.2) is 37.0 Å². The van der Waals surface area contributed by atoms with Crippen molar-refractivity contribution in [1.82, 2.24) is 4.90 Å². The van der Waals surface area contributed by atoms with Crippen molar-refractivity contribution < 1.29 is 4.79 Å². The molecule has 0 spiro atoms. The molecule has 0 radical (unpaired) electrons. The van der Waals surface area contributed by atoms with E-state index in [2.05, 4.69) is 5.32 Å². The third kappa shape index (κ3) is 3.23. The molecule has 0 bridgehead atoms. The summed E-state index contributed by atoms with van der Waals surface area (Å²) in [5.41, 5.74) is 7.90. The maximum atomic E-state index is 11.6. The van der Waals surface area contributed by atoms with Crippen molar-refractivity contribution in [2.75, 3.05) is 19.4 Å². The molecule has 0 saturated heterocycles. The van der Waals surface area contributed by atoms with Crippen LogP contribution < -0.4 is 11.1 Å². The third-order valence-corrected chi connectivity index (χ3v) is 3.35. The molecule has 2 rings (SSSR count). The first-order chi connectivity index (χ1) is 8.54. The minimum Gasteiger partial charge on any atom is -0.382 e. The standard InChI is InChI=1S/C14H21N3O/c1-17(2)14(18)7-10-3-5-12(6-4-10)16-13-8-11(15)9-13/h3-6,11,13,16H,7-9,15H2,1-2H3. The van der Waals surface area contributed by atoms with Crippen molar-refractivity contribution in [1.29, 1.82) is 0 Å². The van der Waals surface area contributed by atoms with Crippen LogP contribution in [0.1, 0.15) is 18.4 Å². The van der Waals surface area contributed by atoms with Gasteiger partial charge in [0.05, 0.1) is 6.42 Å². The molecule has 3 N–H and O–H groups in total. The lowest BCUT2D eigenvalue weighted by Gasteiger charge is -2.33. The van der Waals surface area contributed by atoms with Crippen LogP contribution in [0.4, 0.5) is 5.69 Å². The highest BCUT2D eigenvalue weighted by Gasteiger charge is 2.25. The van der Waals surface area contributed by atoms with Gasteiger partial charge in [0.15, 0.2) is 0 Å². The average Bonchev–Trinajstić information content (AvgIpc) is 2.29. The van der Waals surface area contributed by atoms with E-state index in [1.165, 1.54) is 0 Å². The Hall–Kier alpha value is -1.55. The molecule has 4 nitrogen and oxygen atoms in total. The van der Waals surface area contributed by atoms with Crippen molar-refractivity contribution >= 4 is 11.6 Å². The SMILES string of the molecule is CN(C)C(=O)Cc1ccc(NC2CC(N)C2)cc1. The lowest BCUT2D eigenvalue weighted by atomic mass is 9.87. The fourth-order valence-corrected chi connectivity index (χ4v) is 2.07. The van der Waals surface area contributed by atoms with Crippen molar-refractivity contribution in [2.45, 2.75) is 31.3 Å². The fourth-order valence-electron chi connectivity index (χ4n) is 2.07. The van der Waals surface area contributed by atoms with E-state index in [1.54, 1.807) is 19.0 Å². The Labute approximate surface area is 108 Å². The molecule has 1 saturated carbocycles. The summed E-state index contributed by atoms with van der Waals surface area (Å²) in [5.74, 6) is 0.126. The molecule has 1 aromatic rings. The van der Waals surface area contributed by atoms with Gasteiger partial charge in [-0.1, -0.05) is 12.1 Å². The summed E-state index contributed by atoms with van der Waals surface area (Å²) in [4.78, 5) is 13.2. The minimum atomic E-state index is 0.126. The van der Waals surface area contributed by atoms with Crippen LogP contribution in [-0.2, 0) is 11.2 Å². The Morgan fingerprint density at radius 1 is 1.33 bits per heavy atom. The van der Waals surface area contributed by atoms with Crippen molar-refractivity contribution in [3.8, 4) is 0 Å². The molecule has 1 fully saturated rings. The number of anilines is 1. The molecular weight excluding hydrogens is 226 g/mol. The third-order valence-electron chi connectivity index (χ3n) is 3.35. The molecule has 0 aromatic heterocycles. The zero-order valence-electron chi connectivity index (χ0n) is 11.0. The number of rotatable bonds is 4. The van der Waals surface area contributed by atoms with Gasteiger partial charge in [0.25, 0.3) is 0 Å². The van der Waals surface area contributed by atoms with Gasteiger partial charge in [0.1, 0.15) is 0 Å². The van der Waals surface area contributed by atoms with Crippen LogP contribution in [0.2, 0.25) is 0 Å². The largest absolute Gasteiger partial charge is 0.382 e. The average molecular weight is 247 g/mol. The van der Waals surface area contributed by atoms with Crippen LogP contribution in [0, 0.1) is 0 Å². The molecule has 98 valence electrons. The normalized spacial score (nSPS) is 22.2. The highest BCUT2D eigenvalue weighted by atomic mass is 16.2. The zero-order valence-corrected chi connectivity index (χ0v) is 11.0. The van der Waals surface area contributed by atoms with E-state index in [0.717, 1.165) is 24.1 Å². The van der Waals surface area contributed by atoms with Gasteiger partial charge in [-0.25, -0.2) is 0 Å². The van der Waals surface area contributed by atoms with Crippen LogP contribution >= 0.6 is 0 Å². The second kappa shape index (κ2) is 5.40. The lowest BCUT2D eigenvalue weighted by molar-refractivity contribution is -0.127. The summed E-state index contributed by atoms with van der Waals surface area (Å²) in [6, 6.07) is 8.93. The predicted octanol–water partition coefficient (Wildman–Crippen LogP) is 1.22. The summed E-state index contributed by atoms with van der Waals surface area (Å²) >= 11 is 0. The monoisotopic (exact) mass is 247 g/mol. The number of hydrogen-bond donors (Lipinski definition) is 2. The Balaban J connectivity index is 1.87. The first kappa shape index (κ1) is 12.9. The van der Waals surface area contributed by atoms with E-state index in [-0.39, 0.29) is 5.91 Å². The van der Waals surface area contributed by atoms with Crippen LogP contribution in [0.5, 0.6) is 0 Å². The zero-order chi connectivity index (χ0) is 13.1. The molecular formula is C14H21N3O. The number of benzene rings is 1. The fraction of sp³-hybridized carbons (Fsp3) is 0.500. The summed E-state index contributed by atoms with van der Waals surface area (Å²) in [6.45, 7) is 0. The summed E-state index contributed by atoms with van der Waals surface area (Å²) in [6.07, 6.45) is 2.54. The second-order valence-electron chi connectivity index (χ2n) is 5.23. The summed E-state index contributed by atoms with van der Waals surface area (Å²) in [7, 11) is 3.55. The molecule has 4 heteroatoms. The van der Waals surface area contributed by atoms with Gasteiger partial charge in [-0.2, -0.15) is 0 Å². The van der Waals surface area contributed by atoms with Gasteiger partial charge in [0.2, 0.25) is 5.91 Å². The molecule has 1 aliphatic rings. The Morgan fingerprint density at radius 3 is 2.44 bits per heavy atom. The number of nitrogens with two attached hydrogens (primary N) is 1. The topological polar surface area (TPSA) is 58.4 Å². The van der Waals surface area contributed by atoms with Gasteiger partial charge >= 0.3 is 0 Å². The molecule has 1 aliphatic carbocycles. The lowest BCUT2D eigenvalue weighted by Crippen LogP contribution is -2.44. The van der Waals surface area contributed by atoms with Gasteiger partial charge in [-0.05, 0) is 30.5 Å². The highest BCUT2D eigenvalue weighted by molar-refractivity contribution is 5.78. The first-order valence-corrected chi connectivity index (χ1v) is 6.36. The van der Waals surface area contributed by atoms with Gasteiger partial charge in [-0.15, -0.1) is 0 Å². The van der Waals surface area contributed by atoms with Gasteiger partial charge in [0, 0.05) is 31.9 Å². The maximum absolute atomic E-state index is 11.6. The Morgan fingerprint density at radius 2 is 1.94 bits per heavy atom. The van der Waals surface area contributed by atoms with E-state index in [4.69, 9.17) is 5.73 Å². The Bertz CT molecular complexity index is 408. The van der Waals surface area contributed by atoms with Crippen LogP contribution in [0.3, 0.4) is 0 Å². The molecule has 18 heavy (non-hydrogen) atoms. The van der Waals surface area contributed by atoms with Gasteiger partial charge < -0.3 is 16.0 Å². The smallest absolute Gasteiger partial charge is 0.226 e. The van der Waals surface area contributed by atoms with Gasteiger partial charge in [-0.3, -0.25) is 4.79 Å². The first-order valence-electron chi connectivity index (χ1n) is 6.36. The van der Waals surface area contributed by atoms with E-state index >= 15 is 0 Å².